The van der Waals surface area contributed by atoms with Crippen molar-refractivity contribution in [2.75, 3.05) is 6.61 Å². The van der Waals surface area contributed by atoms with E-state index in [2.05, 4.69) is 4.74 Å². The van der Waals surface area contributed by atoms with Gasteiger partial charge in [-0.3, -0.25) is 0 Å². The molecular formula is C11H11Cl4F2NO2. The zero-order valence-corrected chi connectivity index (χ0v) is 13.2. The van der Waals surface area contributed by atoms with Gasteiger partial charge in [0, 0.05) is 10.6 Å². The number of carbonyl (C=O) groups is 1. The average Bonchev–Trinajstić information content (AvgIpc) is 2.34. The monoisotopic (exact) mass is 367 g/mol. The summed E-state index contributed by atoms with van der Waals surface area (Å²) in [6.45, 7) is 1.21. The number of rotatable bonds is 4. The second-order valence-corrected chi connectivity index (χ2v) is 4.77. The first-order valence-corrected chi connectivity index (χ1v) is 6.30. The molecule has 0 aliphatic carbocycles. The fraction of sp³-hybridized carbons (Fsp3) is 0.364. The highest BCUT2D eigenvalue weighted by molar-refractivity contribution is 6.44. The molecule has 1 aromatic carbocycles. The summed E-state index contributed by atoms with van der Waals surface area (Å²) in [7, 11) is 0. The van der Waals surface area contributed by atoms with Crippen LogP contribution in [0.15, 0.2) is 12.1 Å². The van der Waals surface area contributed by atoms with Crippen LogP contribution >= 0.6 is 47.2 Å². The second-order valence-electron chi connectivity index (χ2n) is 3.58. The quantitative estimate of drug-likeness (QED) is 0.637. The first-order chi connectivity index (χ1) is 8.73. The molecule has 0 fully saturated rings. The highest BCUT2D eigenvalue weighted by Crippen LogP contribution is 2.40. The molecule has 114 valence electrons. The first-order valence-electron chi connectivity index (χ1n) is 5.17. The predicted molar refractivity (Wildman–Crippen MR) is 77.2 cm³/mol. The minimum Gasteiger partial charge on any atom is -0.462 e. The summed E-state index contributed by atoms with van der Waals surface area (Å²) in [4.78, 5) is 11.2. The molecule has 1 atom stereocenters. The molecule has 0 unspecified atom stereocenters. The number of hydrogen-bond donors (Lipinski definition) is 1. The lowest BCUT2D eigenvalue weighted by Gasteiger charge is -2.23. The zero-order valence-electron chi connectivity index (χ0n) is 10.1. The van der Waals surface area contributed by atoms with Gasteiger partial charge >= 0.3 is 11.9 Å². The molecule has 0 saturated carbocycles. The van der Waals surface area contributed by atoms with E-state index in [0.717, 1.165) is 0 Å². The van der Waals surface area contributed by atoms with Crippen LogP contribution in [0.25, 0.3) is 0 Å². The van der Waals surface area contributed by atoms with Crippen LogP contribution in [0.5, 0.6) is 0 Å². The third-order valence-electron chi connectivity index (χ3n) is 2.33. The Kier molecular flexibility index (Phi) is 7.49. The van der Waals surface area contributed by atoms with Crippen molar-refractivity contribution < 1.29 is 18.3 Å². The number of ether oxygens (including phenoxy) is 1. The van der Waals surface area contributed by atoms with Crippen molar-refractivity contribution in [2.45, 2.75) is 18.9 Å². The van der Waals surface area contributed by atoms with Crippen molar-refractivity contribution in [1.29, 1.82) is 0 Å². The van der Waals surface area contributed by atoms with E-state index in [4.69, 9.17) is 40.5 Å². The number of halogens is 6. The predicted octanol–water partition coefficient (Wildman–Crippen LogP) is 4.27. The largest absolute Gasteiger partial charge is 0.462 e. The fourth-order valence-corrected chi connectivity index (χ4v) is 2.13. The zero-order chi connectivity index (χ0) is 14.8. The summed E-state index contributed by atoms with van der Waals surface area (Å²) in [5, 5.41) is -0.312. The Labute approximate surface area is 135 Å². The molecule has 0 spiro atoms. The van der Waals surface area contributed by atoms with E-state index in [1.807, 2.05) is 0 Å². The maximum Gasteiger partial charge on any atom is 0.379 e. The standard InChI is InChI=1S/C11H10Cl3F2NO2.ClH/c1-2-19-10(18)11(15,16)9(17)7-5(12)3-4-6(13)8(7)14;/h3-4,9H,2,17H2,1H3;1H/t9-;/m1./s1. The van der Waals surface area contributed by atoms with Crippen molar-refractivity contribution in [3.8, 4) is 0 Å². The summed E-state index contributed by atoms with van der Waals surface area (Å²) < 4.78 is 31.9. The molecule has 3 nitrogen and oxygen atoms in total. The van der Waals surface area contributed by atoms with Crippen LogP contribution < -0.4 is 5.73 Å². The minimum absolute atomic E-state index is 0. The first kappa shape index (κ1) is 19.7. The van der Waals surface area contributed by atoms with Crippen LogP contribution in [0.4, 0.5) is 8.78 Å². The third kappa shape index (κ3) is 3.86. The van der Waals surface area contributed by atoms with Crippen LogP contribution in [0, 0.1) is 0 Å². The Morgan fingerprint density at radius 3 is 2.35 bits per heavy atom. The van der Waals surface area contributed by atoms with Gasteiger partial charge in [0.25, 0.3) is 0 Å². The van der Waals surface area contributed by atoms with Crippen molar-refractivity contribution in [1.82, 2.24) is 0 Å². The van der Waals surface area contributed by atoms with Gasteiger partial charge in [0.05, 0.1) is 16.7 Å². The van der Waals surface area contributed by atoms with E-state index < -0.39 is 17.9 Å². The number of esters is 1. The third-order valence-corrected chi connectivity index (χ3v) is 3.48. The van der Waals surface area contributed by atoms with E-state index in [9.17, 15) is 13.6 Å². The summed E-state index contributed by atoms with van der Waals surface area (Å²) in [5.74, 6) is -5.71. The van der Waals surface area contributed by atoms with E-state index >= 15 is 0 Å². The van der Waals surface area contributed by atoms with Gasteiger partial charge in [-0.25, -0.2) is 4.79 Å². The van der Waals surface area contributed by atoms with Crippen molar-refractivity contribution in [3.05, 3.63) is 32.8 Å². The molecule has 0 saturated heterocycles. The van der Waals surface area contributed by atoms with Gasteiger partial charge < -0.3 is 10.5 Å². The topological polar surface area (TPSA) is 52.3 Å². The van der Waals surface area contributed by atoms with Crippen molar-refractivity contribution in [3.63, 3.8) is 0 Å². The van der Waals surface area contributed by atoms with Crippen LogP contribution in [-0.2, 0) is 9.53 Å². The summed E-state index contributed by atoms with van der Waals surface area (Å²) in [6.07, 6.45) is 0. The maximum absolute atomic E-state index is 13.8. The number of benzene rings is 1. The Bertz CT molecular complexity index is 500. The SMILES string of the molecule is CCOC(=O)C(F)(F)[C@H](N)c1c(Cl)ccc(Cl)c1Cl.Cl. The number of hydrogen-bond acceptors (Lipinski definition) is 3. The number of carbonyl (C=O) groups excluding carboxylic acids is 1. The van der Waals surface area contributed by atoms with Gasteiger partial charge in [-0.05, 0) is 19.1 Å². The van der Waals surface area contributed by atoms with E-state index in [-0.39, 0.29) is 39.6 Å². The molecular weight excluding hydrogens is 358 g/mol. The maximum atomic E-state index is 13.8. The summed E-state index contributed by atoms with van der Waals surface area (Å²) in [5.41, 5.74) is 5.10. The second kappa shape index (κ2) is 7.61. The lowest BCUT2D eigenvalue weighted by Crippen LogP contribution is -2.42. The molecule has 0 radical (unpaired) electrons. The van der Waals surface area contributed by atoms with Crippen molar-refractivity contribution in [2.24, 2.45) is 5.73 Å². The highest BCUT2D eigenvalue weighted by Gasteiger charge is 2.49. The number of alkyl halides is 2. The highest BCUT2D eigenvalue weighted by atomic mass is 35.5. The summed E-state index contributed by atoms with van der Waals surface area (Å²) in [6, 6.07) is 0.558. The Hall–Kier alpha value is -0.330. The summed E-state index contributed by atoms with van der Waals surface area (Å²) >= 11 is 17.3. The molecule has 1 aromatic rings. The molecule has 0 aliphatic rings. The van der Waals surface area contributed by atoms with Crippen LogP contribution in [0.1, 0.15) is 18.5 Å². The molecule has 9 heteroatoms. The van der Waals surface area contributed by atoms with E-state index in [1.54, 1.807) is 0 Å². The van der Waals surface area contributed by atoms with Gasteiger partial charge in [-0.2, -0.15) is 8.78 Å². The van der Waals surface area contributed by atoms with Gasteiger partial charge in [0.15, 0.2) is 0 Å². The Morgan fingerprint density at radius 1 is 1.35 bits per heavy atom. The molecule has 20 heavy (non-hydrogen) atoms. The lowest BCUT2D eigenvalue weighted by molar-refractivity contribution is -0.174. The van der Waals surface area contributed by atoms with Gasteiger partial charge in [0.2, 0.25) is 0 Å². The Balaban J connectivity index is 0.00000361. The minimum atomic E-state index is -3.96. The van der Waals surface area contributed by atoms with Gasteiger partial charge in [-0.1, -0.05) is 34.8 Å². The normalized spacial score (nSPS) is 12.6. The molecule has 2 N–H and O–H groups in total. The molecule has 1 rings (SSSR count). The average molecular weight is 369 g/mol. The van der Waals surface area contributed by atoms with Gasteiger partial charge in [-0.15, -0.1) is 12.4 Å². The van der Waals surface area contributed by atoms with Crippen molar-refractivity contribution >= 4 is 53.2 Å². The van der Waals surface area contributed by atoms with Crippen LogP contribution in [-0.4, -0.2) is 18.5 Å². The van der Waals surface area contributed by atoms with Crippen LogP contribution in [0.2, 0.25) is 15.1 Å². The molecule has 0 aromatic heterocycles. The molecule has 0 amide bonds. The fourth-order valence-electron chi connectivity index (χ4n) is 1.36. The molecule has 0 aliphatic heterocycles. The number of nitrogens with two attached hydrogens (primary N) is 1. The molecule has 0 heterocycles. The van der Waals surface area contributed by atoms with Gasteiger partial charge in [0.1, 0.15) is 6.04 Å². The van der Waals surface area contributed by atoms with E-state index in [1.165, 1.54) is 19.1 Å². The molecule has 0 bridgehead atoms. The van der Waals surface area contributed by atoms with E-state index in [0.29, 0.717) is 0 Å². The van der Waals surface area contributed by atoms with Crippen LogP contribution in [0.3, 0.4) is 0 Å². The smallest absolute Gasteiger partial charge is 0.379 e. The lowest BCUT2D eigenvalue weighted by atomic mass is 10.0. The Morgan fingerprint density at radius 2 is 1.85 bits per heavy atom.